The highest BCUT2D eigenvalue weighted by Crippen LogP contribution is 2.06. The Morgan fingerprint density at radius 1 is 1.27 bits per heavy atom. The molecule has 0 N–H and O–H groups in total. The van der Waals surface area contributed by atoms with Crippen molar-refractivity contribution in [3.05, 3.63) is 11.9 Å². The maximum Gasteiger partial charge on any atom is 0.332 e. The molecule has 0 saturated heterocycles. The summed E-state index contributed by atoms with van der Waals surface area (Å²) in [4.78, 5) is 11.4. The van der Waals surface area contributed by atoms with E-state index in [0.717, 1.165) is 17.4 Å². The topological polar surface area (TPSA) is 75.5 Å². The van der Waals surface area contributed by atoms with Crippen LogP contribution in [0.1, 0.15) is 26.5 Å². The second-order valence-electron chi connectivity index (χ2n) is 5.66. The zero-order valence-electron chi connectivity index (χ0n) is 13.4. The van der Waals surface area contributed by atoms with Gasteiger partial charge in [-0.25, -0.2) is 9.48 Å². The molecular formula is C14H24BrN3O4. The molecule has 0 atom stereocenters. The minimum Gasteiger partial charge on any atom is -0.458 e. The van der Waals surface area contributed by atoms with Gasteiger partial charge in [-0.1, -0.05) is 21.1 Å². The fourth-order valence-electron chi connectivity index (χ4n) is 1.56. The molecule has 0 bridgehead atoms. The Balaban J connectivity index is 2.00. The van der Waals surface area contributed by atoms with Crippen LogP contribution in [0.2, 0.25) is 0 Å². The minimum atomic E-state index is -0.484. The first-order valence-corrected chi connectivity index (χ1v) is 8.35. The number of esters is 1. The number of rotatable bonds is 10. The number of hydrogen-bond donors (Lipinski definition) is 0. The second kappa shape index (κ2) is 9.91. The second-order valence-corrected chi connectivity index (χ2v) is 6.46. The van der Waals surface area contributed by atoms with Gasteiger partial charge in [0.1, 0.15) is 12.2 Å². The van der Waals surface area contributed by atoms with E-state index in [-0.39, 0.29) is 12.6 Å². The summed E-state index contributed by atoms with van der Waals surface area (Å²) >= 11 is 3.36. The largest absolute Gasteiger partial charge is 0.458 e. The van der Waals surface area contributed by atoms with Gasteiger partial charge in [-0.15, -0.1) is 5.10 Å². The Bertz CT molecular complexity index is 446. The van der Waals surface area contributed by atoms with Crippen molar-refractivity contribution >= 4 is 21.9 Å². The maximum atomic E-state index is 11.4. The fourth-order valence-corrected chi connectivity index (χ4v) is 1.97. The normalized spacial score (nSPS) is 11.6. The van der Waals surface area contributed by atoms with Gasteiger partial charge in [0.25, 0.3) is 0 Å². The molecule has 0 radical (unpaired) electrons. The lowest BCUT2D eigenvalue weighted by Gasteiger charge is -2.19. The predicted octanol–water partition coefficient (Wildman–Crippen LogP) is 1.59. The summed E-state index contributed by atoms with van der Waals surface area (Å²) in [5.41, 5.74) is 0.472. The summed E-state index contributed by atoms with van der Waals surface area (Å²) in [5.74, 6) is -0.366. The minimum absolute atomic E-state index is 0.0559. The van der Waals surface area contributed by atoms with Crippen LogP contribution in [0.3, 0.4) is 0 Å². The van der Waals surface area contributed by atoms with Crippen LogP contribution in [0.4, 0.5) is 0 Å². The van der Waals surface area contributed by atoms with E-state index in [1.54, 1.807) is 4.68 Å². The summed E-state index contributed by atoms with van der Waals surface area (Å²) < 4.78 is 17.5. The van der Waals surface area contributed by atoms with E-state index in [1.165, 1.54) is 0 Å². The number of aromatic nitrogens is 3. The molecule has 1 aromatic heterocycles. The lowest BCUT2D eigenvalue weighted by atomic mass is 10.2. The molecule has 8 heteroatoms. The molecular weight excluding hydrogens is 354 g/mol. The smallest absolute Gasteiger partial charge is 0.332 e. The first kappa shape index (κ1) is 19.1. The van der Waals surface area contributed by atoms with E-state index in [9.17, 15) is 4.79 Å². The summed E-state index contributed by atoms with van der Waals surface area (Å²) in [7, 11) is 0. The van der Waals surface area contributed by atoms with Crippen LogP contribution in [0.5, 0.6) is 0 Å². The van der Waals surface area contributed by atoms with Gasteiger partial charge in [0.05, 0.1) is 32.1 Å². The highest BCUT2D eigenvalue weighted by atomic mass is 79.9. The number of carbonyl (C=O) groups excluding carboxylic acids is 1. The summed E-state index contributed by atoms with van der Waals surface area (Å²) in [5, 5.41) is 8.91. The standard InChI is InChI=1S/C14H24BrN3O4/c1-14(2,3)22-13(19)11-21-9-8-20-7-6-18-10-12(4-5-15)16-17-18/h10H,4-9,11H2,1-3H3. The predicted molar refractivity (Wildman–Crippen MR) is 85.0 cm³/mol. The Labute approximate surface area is 139 Å². The molecule has 0 unspecified atom stereocenters. The van der Waals surface area contributed by atoms with Crippen LogP contribution in [-0.2, 0) is 32.0 Å². The molecule has 0 aliphatic rings. The zero-order chi connectivity index (χ0) is 16.4. The number of hydrogen-bond acceptors (Lipinski definition) is 6. The van der Waals surface area contributed by atoms with E-state index >= 15 is 0 Å². The first-order valence-electron chi connectivity index (χ1n) is 7.23. The Hall–Kier alpha value is -0.990. The van der Waals surface area contributed by atoms with Crippen LogP contribution in [0.15, 0.2) is 6.20 Å². The van der Waals surface area contributed by atoms with Crippen molar-refractivity contribution in [1.82, 2.24) is 15.0 Å². The average molecular weight is 378 g/mol. The molecule has 7 nitrogen and oxygen atoms in total. The van der Waals surface area contributed by atoms with Crippen LogP contribution < -0.4 is 0 Å². The number of carbonyl (C=O) groups is 1. The summed E-state index contributed by atoms with van der Waals surface area (Å²) in [6, 6.07) is 0. The first-order chi connectivity index (χ1) is 10.4. The van der Waals surface area contributed by atoms with Gasteiger partial charge in [-0.3, -0.25) is 0 Å². The van der Waals surface area contributed by atoms with E-state index in [0.29, 0.717) is 26.4 Å². The third-order valence-corrected chi connectivity index (χ3v) is 2.81. The van der Waals surface area contributed by atoms with Crippen LogP contribution in [-0.4, -0.2) is 58.3 Å². The molecule has 0 aromatic carbocycles. The monoisotopic (exact) mass is 377 g/mol. The third-order valence-electron chi connectivity index (χ3n) is 2.41. The van der Waals surface area contributed by atoms with Crippen molar-refractivity contribution in [3.8, 4) is 0 Å². The molecule has 1 rings (SSSR count). The molecule has 0 aliphatic carbocycles. The van der Waals surface area contributed by atoms with E-state index < -0.39 is 5.60 Å². The van der Waals surface area contributed by atoms with Crippen molar-refractivity contribution < 1.29 is 19.0 Å². The van der Waals surface area contributed by atoms with Crippen molar-refractivity contribution in [1.29, 1.82) is 0 Å². The van der Waals surface area contributed by atoms with E-state index in [2.05, 4.69) is 26.2 Å². The van der Waals surface area contributed by atoms with Gasteiger partial charge in [-0.05, 0) is 20.8 Å². The van der Waals surface area contributed by atoms with E-state index in [4.69, 9.17) is 14.2 Å². The van der Waals surface area contributed by atoms with E-state index in [1.807, 2.05) is 27.0 Å². The molecule has 0 aliphatic heterocycles. The van der Waals surface area contributed by atoms with Gasteiger partial charge in [0, 0.05) is 17.9 Å². The maximum absolute atomic E-state index is 11.4. The summed E-state index contributed by atoms with van der Waals surface area (Å²) in [6.07, 6.45) is 2.77. The molecule has 1 aromatic rings. The number of halogens is 1. The van der Waals surface area contributed by atoms with Gasteiger partial charge < -0.3 is 14.2 Å². The highest BCUT2D eigenvalue weighted by molar-refractivity contribution is 9.09. The molecule has 1 heterocycles. The van der Waals surface area contributed by atoms with Crippen molar-refractivity contribution in [3.63, 3.8) is 0 Å². The zero-order valence-corrected chi connectivity index (χ0v) is 15.0. The number of ether oxygens (including phenoxy) is 3. The Morgan fingerprint density at radius 3 is 2.68 bits per heavy atom. The third kappa shape index (κ3) is 9.11. The van der Waals surface area contributed by atoms with Crippen LogP contribution >= 0.6 is 15.9 Å². The number of aryl methyl sites for hydroxylation is 1. The van der Waals surface area contributed by atoms with Gasteiger partial charge in [0.15, 0.2) is 0 Å². The lowest BCUT2D eigenvalue weighted by Crippen LogP contribution is -2.27. The quantitative estimate of drug-likeness (QED) is 0.350. The van der Waals surface area contributed by atoms with Crippen LogP contribution in [0.25, 0.3) is 0 Å². The molecule has 0 saturated carbocycles. The molecule has 0 spiro atoms. The van der Waals surface area contributed by atoms with Gasteiger partial charge >= 0.3 is 5.97 Å². The van der Waals surface area contributed by atoms with Crippen LogP contribution in [0, 0.1) is 0 Å². The van der Waals surface area contributed by atoms with Crippen molar-refractivity contribution in [2.75, 3.05) is 31.8 Å². The Morgan fingerprint density at radius 2 is 2.00 bits per heavy atom. The Kier molecular flexibility index (Phi) is 8.59. The highest BCUT2D eigenvalue weighted by Gasteiger charge is 2.15. The fraction of sp³-hybridized carbons (Fsp3) is 0.786. The van der Waals surface area contributed by atoms with Crippen molar-refractivity contribution in [2.45, 2.75) is 39.3 Å². The molecule has 22 heavy (non-hydrogen) atoms. The number of alkyl halides is 1. The lowest BCUT2D eigenvalue weighted by molar-refractivity contribution is -0.160. The molecule has 0 fully saturated rings. The average Bonchev–Trinajstić information content (AvgIpc) is 2.84. The van der Waals surface area contributed by atoms with Gasteiger partial charge in [0.2, 0.25) is 0 Å². The SMILES string of the molecule is CC(C)(C)OC(=O)COCCOCCn1cc(CCBr)nn1. The number of nitrogens with zero attached hydrogens (tertiary/aromatic N) is 3. The molecule has 0 amide bonds. The molecule has 126 valence electrons. The van der Waals surface area contributed by atoms with Gasteiger partial charge in [-0.2, -0.15) is 0 Å². The summed E-state index contributed by atoms with van der Waals surface area (Å²) in [6.45, 7) is 7.34. The van der Waals surface area contributed by atoms with Crippen molar-refractivity contribution in [2.24, 2.45) is 0 Å².